The van der Waals surface area contributed by atoms with Crippen molar-refractivity contribution in [2.45, 2.75) is 0 Å². The molecule has 1 aromatic heterocycles. The smallest absolute Gasteiger partial charge is 0.185 e. The van der Waals surface area contributed by atoms with E-state index in [-0.39, 0.29) is 5.78 Å². The van der Waals surface area contributed by atoms with E-state index in [2.05, 4.69) is 31.5 Å². The SMILES string of the molecule is COc1ccc(/C=C/C(=O)c2cccc(-n3cnnn3)c2)cc1Br. The van der Waals surface area contributed by atoms with Crippen molar-refractivity contribution >= 4 is 27.8 Å². The minimum Gasteiger partial charge on any atom is -0.496 e. The first-order chi connectivity index (χ1) is 11.7. The quantitative estimate of drug-likeness (QED) is 0.498. The molecule has 0 fully saturated rings. The lowest BCUT2D eigenvalue weighted by molar-refractivity contribution is 0.104. The van der Waals surface area contributed by atoms with Crippen molar-refractivity contribution in [3.63, 3.8) is 0 Å². The van der Waals surface area contributed by atoms with Gasteiger partial charge in [0.25, 0.3) is 0 Å². The molecular weight excluding hydrogens is 372 g/mol. The summed E-state index contributed by atoms with van der Waals surface area (Å²) in [5.41, 5.74) is 2.19. The van der Waals surface area contributed by atoms with Crippen LogP contribution in [0.3, 0.4) is 0 Å². The van der Waals surface area contributed by atoms with Crippen LogP contribution in [0.15, 0.2) is 59.3 Å². The summed E-state index contributed by atoms with van der Waals surface area (Å²) in [6.07, 6.45) is 4.78. The van der Waals surface area contributed by atoms with Crippen molar-refractivity contribution in [1.29, 1.82) is 0 Å². The Kier molecular flexibility index (Phi) is 4.81. The van der Waals surface area contributed by atoms with Gasteiger partial charge in [-0.05, 0) is 62.3 Å². The number of hydrogen-bond donors (Lipinski definition) is 0. The van der Waals surface area contributed by atoms with Crippen molar-refractivity contribution < 1.29 is 9.53 Å². The fraction of sp³-hybridized carbons (Fsp3) is 0.0588. The second-order valence-corrected chi connectivity index (χ2v) is 5.75. The lowest BCUT2D eigenvalue weighted by atomic mass is 10.1. The van der Waals surface area contributed by atoms with Gasteiger partial charge in [-0.3, -0.25) is 4.79 Å². The van der Waals surface area contributed by atoms with E-state index in [1.807, 2.05) is 24.3 Å². The van der Waals surface area contributed by atoms with Crippen LogP contribution in [-0.2, 0) is 0 Å². The zero-order chi connectivity index (χ0) is 16.9. The zero-order valence-corrected chi connectivity index (χ0v) is 14.3. The zero-order valence-electron chi connectivity index (χ0n) is 12.8. The molecule has 3 rings (SSSR count). The van der Waals surface area contributed by atoms with E-state index in [9.17, 15) is 4.79 Å². The van der Waals surface area contributed by atoms with E-state index in [0.717, 1.165) is 21.5 Å². The molecule has 0 amide bonds. The van der Waals surface area contributed by atoms with Crippen LogP contribution in [0, 0.1) is 0 Å². The van der Waals surface area contributed by atoms with Crippen LogP contribution in [0.5, 0.6) is 5.75 Å². The molecule has 0 atom stereocenters. The molecule has 3 aromatic rings. The first-order valence-electron chi connectivity index (χ1n) is 7.07. The number of allylic oxidation sites excluding steroid dienone is 1. The lowest BCUT2D eigenvalue weighted by Gasteiger charge is -2.03. The van der Waals surface area contributed by atoms with Gasteiger partial charge < -0.3 is 4.74 Å². The Bertz CT molecular complexity index is 891. The molecule has 0 saturated heterocycles. The Hall–Kier alpha value is -2.80. The first kappa shape index (κ1) is 16.1. The molecule has 0 aliphatic heterocycles. The number of aromatic nitrogens is 4. The number of hydrogen-bond acceptors (Lipinski definition) is 5. The van der Waals surface area contributed by atoms with Crippen LogP contribution in [0.4, 0.5) is 0 Å². The minimum atomic E-state index is -0.100. The van der Waals surface area contributed by atoms with Gasteiger partial charge in [0, 0.05) is 5.56 Å². The van der Waals surface area contributed by atoms with Gasteiger partial charge in [0.1, 0.15) is 12.1 Å². The summed E-state index contributed by atoms with van der Waals surface area (Å²) in [6, 6.07) is 12.7. The maximum atomic E-state index is 12.4. The second-order valence-electron chi connectivity index (χ2n) is 4.90. The highest BCUT2D eigenvalue weighted by molar-refractivity contribution is 9.10. The average molecular weight is 385 g/mol. The van der Waals surface area contributed by atoms with E-state index in [4.69, 9.17) is 4.74 Å². The Morgan fingerprint density at radius 1 is 1.25 bits per heavy atom. The number of tetrazole rings is 1. The maximum absolute atomic E-state index is 12.4. The molecule has 0 unspecified atom stereocenters. The number of ether oxygens (including phenoxy) is 1. The van der Waals surface area contributed by atoms with Crippen LogP contribution in [0.25, 0.3) is 11.8 Å². The molecule has 6 nitrogen and oxygen atoms in total. The predicted octanol–water partition coefficient (Wildman–Crippen LogP) is 3.33. The molecule has 0 bridgehead atoms. The van der Waals surface area contributed by atoms with Gasteiger partial charge in [0.2, 0.25) is 0 Å². The average Bonchev–Trinajstić information content (AvgIpc) is 3.14. The monoisotopic (exact) mass is 384 g/mol. The van der Waals surface area contributed by atoms with Gasteiger partial charge in [-0.25, -0.2) is 4.68 Å². The van der Waals surface area contributed by atoms with Gasteiger partial charge in [0.05, 0.1) is 17.3 Å². The number of carbonyl (C=O) groups excluding carboxylic acids is 1. The molecule has 0 N–H and O–H groups in total. The summed E-state index contributed by atoms with van der Waals surface area (Å²) in [7, 11) is 1.61. The fourth-order valence-electron chi connectivity index (χ4n) is 2.14. The summed E-state index contributed by atoms with van der Waals surface area (Å²) in [4.78, 5) is 12.4. The van der Waals surface area contributed by atoms with Crippen LogP contribution < -0.4 is 4.74 Å². The van der Waals surface area contributed by atoms with Gasteiger partial charge in [0.15, 0.2) is 5.78 Å². The Labute approximate surface area is 146 Å². The highest BCUT2D eigenvalue weighted by Gasteiger charge is 2.05. The largest absolute Gasteiger partial charge is 0.496 e. The molecule has 0 spiro atoms. The van der Waals surface area contributed by atoms with Crippen LogP contribution in [0.2, 0.25) is 0 Å². The Morgan fingerprint density at radius 2 is 2.12 bits per heavy atom. The van der Waals surface area contributed by atoms with E-state index < -0.39 is 0 Å². The number of carbonyl (C=O) groups is 1. The summed E-state index contributed by atoms with van der Waals surface area (Å²) in [5, 5.41) is 11.0. The van der Waals surface area contributed by atoms with Crippen LogP contribution in [-0.4, -0.2) is 33.1 Å². The molecule has 0 radical (unpaired) electrons. The molecular formula is C17H13BrN4O2. The van der Waals surface area contributed by atoms with E-state index in [1.54, 1.807) is 31.4 Å². The third-order valence-corrected chi connectivity index (χ3v) is 3.97. The summed E-state index contributed by atoms with van der Waals surface area (Å²) in [6.45, 7) is 0. The molecule has 7 heteroatoms. The summed E-state index contributed by atoms with van der Waals surface area (Å²) >= 11 is 3.43. The van der Waals surface area contributed by atoms with Crippen LogP contribution >= 0.6 is 15.9 Å². The molecule has 2 aromatic carbocycles. The van der Waals surface area contributed by atoms with Crippen molar-refractivity contribution in [3.05, 3.63) is 70.5 Å². The first-order valence-corrected chi connectivity index (χ1v) is 7.86. The maximum Gasteiger partial charge on any atom is 0.185 e. The van der Waals surface area contributed by atoms with E-state index in [1.165, 1.54) is 17.1 Å². The molecule has 0 saturated carbocycles. The summed E-state index contributed by atoms with van der Waals surface area (Å²) in [5.74, 6) is 0.643. The number of methoxy groups -OCH3 is 1. The minimum absolute atomic E-state index is 0.100. The molecule has 1 heterocycles. The standard InChI is InChI=1S/C17H13BrN4O2/c1-24-17-8-6-12(9-15(17)18)5-7-16(23)13-3-2-4-14(10-13)22-11-19-20-21-22/h2-11H,1H3/b7-5+. The fourth-order valence-corrected chi connectivity index (χ4v) is 2.69. The van der Waals surface area contributed by atoms with Crippen molar-refractivity contribution in [1.82, 2.24) is 20.2 Å². The Morgan fingerprint density at radius 3 is 2.83 bits per heavy atom. The molecule has 0 aliphatic carbocycles. The van der Waals surface area contributed by atoms with Crippen molar-refractivity contribution in [2.24, 2.45) is 0 Å². The van der Waals surface area contributed by atoms with Gasteiger partial charge >= 0.3 is 0 Å². The van der Waals surface area contributed by atoms with Gasteiger partial charge in [-0.15, -0.1) is 5.10 Å². The molecule has 120 valence electrons. The highest BCUT2D eigenvalue weighted by atomic mass is 79.9. The number of ketones is 1. The summed E-state index contributed by atoms with van der Waals surface area (Å²) < 4.78 is 7.52. The topological polar surface area (TPSA) is 69.9 Å². The number of halogens is 1. The number of nitrogens with zero attached hydrogens (tertiary/aromatic N) is 4. The van der Waals surface area contributed by atoms with Crippen molar-refractivity contribution in [2.75, 3.05) is 7.11 Å². The van der Waals surface area contributed by atoms with Crippen molar-refractivity contribution in [3.8, 4) is 11.4 Å². The highest BCUT2D eigenvalue weighted by Crippen LogP contribution is 2.26. The van der Waals surface area contributed by atoms with Gasteiger partial charge in [-0.2, -0.15) is 0 Å². The Balaban J connectivity index is 1.80. The third kappa shape index (κ3) is 3.57. The number of rotatable bonds is 5. The van der Waals surface area contributed by atoms with E-state index >= 15 is 0 Å². The molecule has 24 heavy (non-hydrogen) atoms. The second kappa shape index (κ2) is 7.18. The lowest BCUT2D eigenvalue weighted by Crippen LogP contribution is -1.99. The normalized spacial score (nSPS) is 10.9. The third-order valence-electron chi connectivity index (χ3n) is 3.35. The predicted molar refractivity (Wildman–Crippen MR) is 93.2 cm³/mol. The number of benzene rings is 2. The van der Waals surface area contributed by atoms with Gasteiger partial charge in [-0.1, -0.05) is 24.3 Å². The molecule has 0 aliphatic rings. The van der Waals surface area contributed by atoms with Crippen LogP contribution in [0.1, 0.15) is 15.9 Å². The van der Waals surface area contributed by atoms with E-state index in [0.29, 0.717) is 5.56 Å².